The summed E-state index contributed by atoms with van der Waals surface area (Å²) in [5.74, 6) is 2.42. The van der Waals surface area contributed by atoms with E-state index < -0.39 is 0 Å². The monoisotopic (exact) mass is 554 g/mol. The summed E-state index contributed by atoms with van der Waals surface area (Å²) in [6.45, 7) is 9.60. The van der Waals surface area contributed by atoms with Gasteiger partial charge >= 0.3 is 0 Å². The molecule has 210 valence electrons. The molecule has 1 aromatic heterocycles. The van der Waals surface area contributed by atoms with Gasteiger partial charge in [-0.3, -0.25) is 4.79 Å². The zero-order valence-corrected chi connectivity index (χ0v) is 24.4. The van der Waals surface area contributed by atoms with Gasteiger partial charge in [0.25, 0.3) is 0 Å². The Hall–Kier alpha value is -3.53. The smallest absolute Gasteiger partial charge is 0.233 e. The standard InChI is InChI=1S/C29H38N4O5S/c1-7-11-16-30-28(34)25(8-2)39-29-31-26(19-12-14-21(37-9-3)23(17-19)35-5)27(32-33-29)20-13-15-22(38-10-4)24(18-20)36-6/h12-15,17-18,25H,7-11,16H2,1-6H3,(H,30,34). The van der Waals surface area contributed by atoms with E-state index in [2.05, 4.69) is 22.4 Å². The Morgan fingerprint density at radius 3 is 1.95 bits per heavy atom. The summed E-state index contributed by atoms with van der Waals surface area (Å²) in [5, 5.41) is 12.1. The lowest BCUT2D eigenvalue weighted by molar-refractivity contribution is -0.120. The number of rotatable bonds is 15. The third-order valence-corrected chi connectivity index (χ3v) is 7.10. The first-order valence-corrected chi connectivity index (χ1v) is 14.2. The summed E-state index contributed by atoms with van der Waals surface area (Å²) in [4.78, 5) is 17.7. The van der Waals surface area contributed by atoms with Crippen LogP contribution in [0.3, 0.4) is 0 Å². The molecular weight excluding hydrogens is 516 g/mol. The van der Waals surface area contributed by atoms with E-state index >= 15 is 0 Å². The van der Waals surface area contributed by atoms with Crippen LogP contribution < -0.4 is 24.3 Å². The van der Waals surface area contributed by atoms with Crippen molar-refractivity contribution in [3.8, 4) is 45.5 Å². The normalized spacial score (nSPS) is 11.5. The third-order valence-electron chi connectivity index (χ3n) is 5.88. The second-order valence-corrected chi connectivity index (χ2v) is 9.72. The van der Waals surface area contributed by atoms with Crippen LogP contribution in [0.5, 0.6) is 23.0 Å². The fourth-order valence-corrected chi connectivity index (χ4v) is 4.73. The zero-order valence-electron chi connectivity index (χ0n) is 23.6. The number of nitrogens with zero attached hydrogens (tertiary/aromatic N) is 3. The maximum atomic E-state index is 12.8. The van der Waals surface area contributed by atoms with Gasteiger partial charge in [-0.05, 0) is 63.1 Å². The van der Waals surface area contributed by atoms with E-state index in [1.165, 1.54) is 11.8 Å². The molecule has 2 aromatic carbocycles. The fourth-order valence-electron chi connectivity index (χ4n) is 3.89. The molecule has 9 nitrogen and oxygen atoms in total. The van der Waals surface area contributed by atoms with Crippen molar-refractivity contribution in [2.24, 2.45) is 0 Å². The van der Waals surface area contributed by atoms with Crippen LogP contribution in [-0.4, -0.2) is 60.3 Å². The average Bonchev–Trinajstić information content (AvgIpc) is 2.96. The highest BCUT2D eigenvalue weighted by atomic mass is 32.2. The topological polar surface area (TPSA) is 105 Å². The predicted octanol–water partition coefficient (Wildman–Crippen LogP) is 5.81. The van der Waals surface area contributed by atoms with Gasteiger partial charge in [0.15, 0.2) is 23.0 Å². The van der Waals surface area contributed by atoms with Crippen LogP contribution in [0, 0.1) is 0 Å². The number of ether oxygens (including phenoxy) is 4. The van der Waals surface area contributed by atoms with E-state index in [1.807, 2.05) is 57.2 Å². The van der Waals surface area contributed by atoms with Crippen molar-refractivity contribution in [2.75, 3.05) is 34.0 Å². The Balaban J connectivity index is 2.08. The Labute approximate surface area is 235 Å². The molecule has 0 fully saturated rings. The Kier molecular flexibility index (Phi) is 11.7. The fraction of sp³-hybridized carbons (Fsp3) is 0.448. The summed E-state index contributed by atoms with van der Waals surface area (Å²) in [5.41, 5.74) is 2.70. The number of methoxy groups -OCH3 is 2. The number of hydrogen-bond donors (Lipinski definition) is 1. The quantitative estimate of drug-likeness (QED) is 0.184. The SMILES string of the molecule is CCCCNC(=O)C(CC)Sc1nnc(-c2ccc(OCC)c(OC)c2)c(-c2ccc(OCC)c(OC)c2)n1. The minimum Gasteiger partial charge on any atom is -0.493 e. The molecule has 3 rings (SSSR count). The van der Waals surface area contributed by atoms with Crippen molar-refractivity contribution in [2.45, 2.75) is 57.4 Å². The van der Waals surface area contributed by atoms with Gasteiger partial charge in [0.05, 0.1) is 32.7 Å². The molecule has 0 aliphatic carbocycles. The first kappa shape index (κ1) is 30.0. The Morgan fingerprint density at radius 1 is 0.846 bits per heavy atom. The van der Waals surface area contributed by atoms with Crippen LogP contribution >= 0.6 is 11.8 Å². The molecule has 0 saturated heterocycles. The summed E-state index contributed by atoms with van der Waals surface area (Å²) in [6, 6.07) is 11.2. The summed E-state index contributed by atoms with van der Waals surface area (Å²) in [7, 11) is 3.20. The van der Waals surface area contributed by atoms with Crippen molar-refractivity contribution in [3.63, 3.8) is 0 Å². The molecule has 0 saturated carbocycles. The van der Waals surface area contributed by atoms with Crippen molar-refractivity contribution >= 4 is 17.7 Å². The van der Waals surface area contributed by atoms with Crippen LogP contribution in [0.25, 0.3) is 22.5 Å². The molecule has 3 aromatic rings. The molecule has 0 bridgehead atoms. The largest absolute Gasteiger partial charge is 0.493 e. The minimum absolute atomic E-state index is 0.0239. The molecule has 0 radical (unpaired) electrons. The van der Waals surface area contributed by atoms with E-state index in [0.717, 1.165) is 24.0 Å². The number of unbranched alkanes of at least 4 members (excludes halogenated alkanes) is 1. The Morgan fingerprint density at radius 2 is 1.44 bits per heavy atom. The molecule has 0 aliphatic rings. The molecule has 10 heteroatoms. The maximum absolute atomic E-state index is 12.8. The van der Waals surface area contributed by atoms with Gasteiger partial charge in [-0.25, -0.2) is 4.98 Å². The van der Waals surface area contributed by atoms with Crippen LogP contribution in [0.4, 0.5) is 0 Å². The molecular formula is C29H38N4O5S. The van der Waals surface area contributed by atoms with Gasteiger partial charge in [-0.1, -0.05) is 32.0 Å². The van der Waals surface area contributed by atoms with Crippen molar-refractivity contribution in [1.82, 2.24) is 20.5 Å². The van der Waals surface area contributed by atoms with Crippen molar-refractivity contribution < 1.29 is 23.7 Å². The molecule has 39 heavy (non-hydrogen) atoms. The van der Waals surface area contributed by atoms with E-state index in [0.29, 0.717) is 65.7 Å². The number of carbonyl (C=O) groups excluding carboxylic acids is 1. The predicted molar refractivity (Wildman–Crippen MR) is 154 cm³/mol. The lowest BCUT2D eigenvalue weighted by Crippen LogP contribution is -2.33. The van der Waals surface area contributed by atoms with Crippen LogP contribution in [0.2, 0.25) is 0 Å². The maximum Gasteiger partial charge on any atom is 0.233 e. The summed E-state index contributed by atoms with van der Waals surface area (Å²) < 4.78 is 22.5. The lowest BCUT2D eigenvalue weighted by atomic mass is 10.0. The van der Waals surface area contributed by atoms with Gasteiger partial charge in [-0.15, -0.1) is 10.2 Å². The van der Waals surface area contributed by atoms with Gasteiger partial charge in [0.1, 0.15) is 11.4 Å². The highest BCUT2D eigenvalue weighted by molar-refractivity contribution is 8.00. The number of nitrogens with one attached hydrogen (secondary N) is 1. The van der Waals surface area contributed by atoms with Gasteiger partial charge < -0.3 is 24.3 Å². The number of carbonyl (C=O) groups is 1. The van der Waals surface area contributed by atoms with Crippen LogP contribution in [0.15, 0.2) is 41.6 Å². The summed E-state index contributed by atoms with van der Waals surface area (Å²) in [6.07, 6.45) is 2.59. The van der Waals surface area contributed by atoms with E-state index in [4.69, 9.17) is 23.9 Å². The third kappa shape index (κ3) is 7.75. The minimum atomic E-state index is -0.331. The molecule has 0 aliphatic heterocycles. The van der Waals surface area contributed by atoms with Crippen molar-refractivity contribution in [1.29, 1.82) is 0 Å². The first-order chi connectivity index (χ1) is 19.0. The highest BCUT2D eigenvalue weighted by Gasteiger charge is 2.22. The molecule has 1 unspecified atom stereocenters. The zero-order chi connectivity index (χ0) is 28.2. The average molecular weight is 555 g/mol. The number of hydrogen-bond acceptors (Lipinski definition) is 9. The number of aromatic nitrogens is 3. The van der Waals surface area contributed by atoms with Crippen molar-refractivity contribution in [3.05, 3.63) is 36.4 Å². The number of benzene rings is 2. The van der Waals surface area contributed by atoms with Crippen LogP contribution in [0.1, 0.15) is 47.0 Å². The number of amides is 1. The van der Waals surface area contributed by atoms with Gasteiger partial charge in [-0.2, -0.15) is 0 Å². The second kappa shape index (κ2) is 15.2. The van der Waals surface area contributed by atoms with Gasteiger partial charge in [0, 0.05) is 17.7 Å². The van der Waals surface area contributed by atoms with E-state index in [9.17, 15) is 4.79 Å². The summed E-state index contributed by atoms with van der Waals surface area (Å²) >= 11 is 1.31. The highest BCUT2D eigenvalue weighted by Crippen LogP contribution is 2.39. The number of thioether (sulfide) groups is 1. The molecule has 1 amide bonds. The first-order valence-electron chi connectivity index (χ1n) is 13.3. The molecule has 1 atom stereocenters. The van der Waals surface area contributed by atoms with E-state index in [1.54, 1.807) is 14.2 Å². The van der Waals surface area contributed by atoms with Gasteiger partial charge in [0.2, 0.25) is 11.1 Å². The van der Waals surface area contributed by atoms with E-state index in [-0.39, 0.29) is 11.2 Å². The second-order valence-electron chi connectivity index (χ2n) is 8.55. The molecule has 1 heterocycles. The lowest BCUT2D eigenvalue weighted by Gasteiger charge is -2.16. The molecule has 0 spiro atoms. The Bertz CT molecular complexity index is 1240. The molecule has 1 N–H and O–H groups in total. The van der Waals surface area contributed by atoms with Crippen LogP contribution in [-0.2, 0) is 4.79 Å².